The highest BCUT2D eigenvalue weighted by Gasteiger charge is 2.26. The van der Waals surface area contributed by atoms with Crippen molar-refractivity contribution in [1.82, 2.24) is 14.9 Å². The molecule has 1 aliphatic heterocycles. The van der Waals surface area contributed by atoms with Crippen molar-refractivity contribution in [2.24, 2.45) is 0 Å². The maximum absolute atomic E-state index is 13.4. The van der Waals surface area contributed by atoms with Crippen molar-refractivity contribution in [2.45, 2.75) is 13.8 Å². The number of rotatable bonds is 5. The van der Waals surface area contributed by atoms with Crippen LogP contribution in [0.25, 0.3) is 10.2 Å². The van der Waals surface area contributed by atoms with Gasteiger partial charge in [-0.3, -0.25) is 14.6 Å². The van der Waals surface area contributed by atoms with Gasteiger partial charge >= 0.3 is 0 Å². The minimum absolute atomic E-state index is 0.0190. The topological polar surface area (TPSA) is 58.6 Å². The van der Waals surface area contributed by atoms with E-state index in [1.165, 1.54) is 11.3 Å². The molecule has 0 spiro atoms. The number of anilines is 1. The lowest BCUT2D eigenvalue weighted by Crippen LogP contribution is -2.43. The van der Waals surface area contributed by atoms with Crippen LogP contribution < -0.4 is 4.90 Å². The lowest BCUT2D eigenvalue weighted by Gasteiger charge is -2.29. The molecule has 0 unspecified atom stereocenters. The number of thiazole rings is 2. The SMILES string of the molecule is Cc1nc(C)c(C(=O)N(CCN2CCOCC2)c2nc3ccc(Br)cc3s2)s1. The van der Waals surface area contributed by atoms with Crippen LogP contribution in [0, 0.1) is 13.8 Å². The van der Waals surface area contributed by atoms with Gasteiger partial charge in [0.15, 0.2) is 5.13 Å². The zero-order valence-corrected chi connectivity index (χ0v) is 19.0. The lowest BCUT2D eigenvalue weighted by molar-refractivity contribution is 0.0391. The van der Waals surface area contributed by atoms with Crippen molar-refractivity contribution in [2.75, 3.05) is 44.3 Å². The first-order valence-electron chi connectivity index (χ1n) is 9.13. The average molecular weight is 481 g/mol. The average Bonchev–Trinajstić information content (AvgIpc) is 3.24. The lowest BCUT2D eigenvalue weighted by atomic mass is 10.3. The van der Waals surface area contributed by atoms with Crippen molar-refractivity contribution >= 4 is 59.9 Å². The van der Waals surface area contributed by atoms with Crippen LogP contribution in [0.5, 0.6) is 0 Å². The molecule has 28 heavy (non-hydrogen) atoms. The van der Waals surface area contributed by atoms with Crippen LogP contribution in [0.4, 0.5) is 5.13 Å². The van der Waals surface area contributed by atoms with Gasteiger partial charge in [-0.05, 0) is 32.0 Å². The van der Waals surface area contributed by atoms with Crippen LogP contribution in [0.15, 0.2) is 22.7 Å². The largest absolute Gasteiger partial charge is 0.379 e. The van der Waals surface area contributed by atoms with Crippen molar-refractivity contribution < 1.29 is 9.53 Å². The maximum atomic E-state index is 13.4. The van der Waals surface area contributed by atoms with Gasteiger partial charge in [-0.25, -0.2) is 9.97 Å². The fraction of sp³-hybridized carbons (Fsp3) is 0.421. The Morgan fingerprint density at radius 2 is 2.04 bits per heavy atom. The molecule has 0 bridgehead atoms. The molecule has 0 atom stereocenters. The van der Waals surface area contributed by atoms with E-state index in [-0.39, 0.29) is 5.91 Å². The minimum Gasteiger partial charge on any atom is -0.379 e. The summed E-state index contributed by atoms with van der Waals surface area (Å²) in [5, 5.41) is 1.64. The Kier molecular flexibility index (Phi) is 6.07. The maximum Gasteiger partial charge on any atom is 0.272 e. The monoisotopic (exact) mass is 480 g/mol. The number of ether oxygens (including phenoxy) is 1. The number of benzene rings is 1. The number of hydrogen-bond donors (Lipinski definition) is 0. The molecule has 3 heterocycles. The number of aryl methyl sites for hydroxylation is 2. The van der Waals surface area contributed by atoms with Crippen LogP contribution in [-0.4, -0.2) is 60.2 Å². The molecule has 0 aliphatic carbocycles. The highest BCUT2D eigenvalue weighted by molar-refractivity contribution is 9.10. The molecule has 3 aromatic rings. The van der Waals surface area contributed by atoms with Gasteiger partial charge in [-0.15, -0.1) is 11.3 Å². The number of amides is 1. The third kappa shape index (κ3) is 4.28. The van der Waals surface area contributed by atoms with Gasteiger partial charge < -0.3 is 4.74 Å². The summed E-state index contributed by atoms with van der Waals surface area (Å²) in [4.78, 5) is 27.4. The number of carbonyl (C=O) groups excluding carboxylic acids is 1. The molecule has 6 nitrogen and oxygen atoms in total. The van der Waals surface area contributed by atoms with E-state index in [1.54, 1.807) is 11.3 Å². The first-order chi connectivity index (χ1) is 13.5. The molecule has 0 saturated carbocycles. The van der Waals surface area contributed by atoms with Gasteiger partial charge in [0.1, 0.15) is 4.88 Å². The Labute approximate surface area is 180 Å². The Morgan fingerprint density at radius 3 is 2.75 bits per heavy atom. The van der Waals surface area contributed by atoms with Gasteiger partial charge in [0.25, 0.3) is 5.91 Å². The predicted octanol–water partition coefficient (Wildman–Crippen LogP) is 4.11. The molecule has 1 fully saturated rings. The predicted molar refractivity (Wildman–Crippen MR) is 118 cm³/mol. The van der Waals surface area contributed by atoms with Gasteiger partial charge in [0.2, 0.25) is 0 Å². The summed E-state index contributed by atoms with van der Waals surface area (Å²) in [5.41, 5.74) is 1.69. The summed E-state index contributed by atoms with van der Waals surface area (Å²) < 4.78 is 7.50. The second-order valence-corrected chi connectivity index (χ2v) is 9.79. The van der Waals surface area contributed by atoms with Crippen LogP contribution >= 0.6 is 38.6 Å². The molecule has 148 valence electrons. The summed E-state index contributed by atoms with van der Waals surface area (Å²) in [6.45, 7) is 8.50. The normalized spacial score (nSPS) is 15.2. The highest BCUT2D eigenvalue weighted by Crippen LogP contribution is 2.32. The van der Waals surface area contributed by atoms with Crippen molar-refractivity contribution in [1.29, 1.82) is 0 Å². The van der Waals surface area contributed by atoms with Crippen molar-refractivity contribution in [3.63, 3.8) is 0 Å². The number of nitrogens with zero attached hydrogens (tertiary/aromatic N) is 4. The molecule has 1 aromatic carbocycles. The molecule has 0 N–H and O–H groups in total. The fourth-order valence-corrected chi connectivity index (χ4v) is 5.61. The third-order valence-electron chi connectivity index (χ3n) is 4.66. The Bertz CT molecular complexity index is 997. The number of morpholine rings is 1. The Balaban J connectivity index is 1.64. The van der Waals surface area contributed by atoms with E-state index < -0.39 is 0 Å². The van der Waals surface area contributed by atoms with Crippen LogP contribution in [0.1, 0.15) is 20.4 Å². The second-order valence-electron chi connectivity index (χ2n) is 6.67. The van der Waals surface area contributed by atoms with E-state index in [0.717, 1.165) is 63.4 Å². The summed E-state index contributed by atoms with van der Waals surface area (Å²) >= 11 is 6.51. The van der Waals surface area contributed by atoms with Crippen LogP contribution in [0.2, 0.25) is 0 Å². The highest BCUT2D eigenvalue weighted by atomic mass is 79.9. The second kappa shape index (κ2) is 8.54. The van der Waals surface area contributed by atoms with Crippen molar-refractivity contribution in [3.05, 3.63) is 38.3 Å². The number of fused-ring (bicyclic) bond motifs is 1. The number of hydrogen-bond acceptors (Lipinski definition) is 7. The molecule has 1 amide bonds. The van der Waals surface area contributed by atoms with E-state index in [2.05, 4.69) is 25.8 Å². The molecular formula is C19H21BrN4O2S2. The quantitative estimate of drug-likeness (QED) is 0.549. The summed E-state index contributed by atoms with van der Waals surface area (Å²) in [5.74, 6) is -0.0190. The first-order valence-corrected chi connectivity index (χ1v) is 11.6. The zero-order chi connectivity index (χ0) is 19.7. The first kappa shape index (κ1) is 19.9. The van der Waals surface area contributed by atoms with E-state index in [0.29, 0.717) is 11.4 Å². The summed E-state index contributed by atoms with van der Waals surface area (Å²) in [7, 11) is 0. The number of halogens is 1. The van der Waals surface area contributed by atoms with Gasteiger partial charge in [-0.2, -0.15) is 0 Å². The third-order valence-corrected chi connectivity index (χ3v) is 7.25. The fourth-order valence-electron chi connectivity index (χ4n) is 3.20. The molecule has 0 radical (unpaired) electrons. The molecule has 4 rings (SSSR count). The summed E-state index contributed by atoms with van der Waals surface area (Å²) in [6.07, 6.45) is 0. The van der Waals surface area contributed by atoms with Crippen LogP contribution in [-0.2, 0) is 4.74 Å². The van der Waals surface area contributed by atoms with Gasteiger partial charge in [0, 0.05) is 30.7 Å². The van der Waals surface area contributed by atoms with Gasteiger partial charge in [-0.1, -0.05) is 27.3 Å². The van der Waals surface area contributed by atoms with E-state index in [4.69, 9.17) is 9.72 Å². The Morgan fingerprint density at radius 1 is 1.25 bits per heavy atom. The van der Waals surface area contributed by atoms with E-state index in [1.807, 2.05) is 36.9 Å². The molecule has 1 aliphatic rings. The standard InChI is InChI=1S/C19H21BrN4O2S2/c1-12-17(27-13(2)21-12)18(25)24(6-5-23-7-9-26-10-8-23)19-22-15-4-3-14(20)11-16(15)28-19/h3-4,11H,5-10H2,1-2H3. The summed E-state index contributed by atoms with van der Waals surface area (Å²) in [6, 6.07) is 6.00. The van der Waals surface area contributed by atoms with E-state index in [9.17, 15) is 4.79 Å². The number of aromatic nitrogens is 2. The van der Waals surface area contributed by atoms with E-state index >= 15 is 0 Å². The van der Waals surface area contributed by atoms with Gasteiger partial charge in [0.05, 0.1) is 34.1 Å². The number of carbonyl (C=O) groups is 1. The van der Waals surface area contributed by atoms with Crippen molar-refractivity contribution in [3.8, 4) is 0 Å². The Hall–Kier alpha value is -1.39. The molecule has 2 aromatic heterocycles. The molecule has 1 saturated heterocycles. The minimum atomic E-state index is -0.0190. The smallest absolute Gasteiger partial charge is 0.272 e. The molecule has 9 heteroatoms. The zero-order valence-electron chi connectivity index (χ0n) is 15.8. The molecular weight excluding hydrogens is 460 g/mol. The van der Waals surface area contributed by atoms with Crippen LogP contribution in [0.3, 0.4) is 0 Å².